The van der Waals surface area contributed by atoms with E-state index in [1.54, 1.807) is 0 Å². The van der Waals surface area contributed by atoms with Gasteiger partial charge >= 0.3 is 0 Å². The lowest BCUT2D eigenvalue weighted by atomic mass is 9.92. The Morgan fingerprint density at radius 3 is 2.46 bits per heavy atom. The van der Waals surface area contributed by atoms with Crippen LogP contribution in [0.5, 0.6) is 0 Å². The van der Waals surface area contributed by atoms with E-state index < -0.39 is 0 Å². The minimum atomic E-state index is 0.0937. The van der Waals surface area contributed by atoms with Gasteiger partial charge in [0.2, 0.25) is 5.91 Å². The Morgan fingerprint density at radius 2 is 1.79 bits per heavy atom. The first-order valence-corrected chi connectivity index (χ1v) is 9.19. The third-order valence-corrected chi connectivity index (χ3v) is 5.37. The average Bonchev–Trinajstić information content (AvgIpc) is 2.60. The SMILES string of the molecule is Cc1cccc(C(=O)N2CCC(C(=O)N3CCCC(C)C3)CC2)c1. The summed E-state index contributed by atoms with van der Waals surface area (Å²) in [5, 5.41) is 0. The summed E-state index contributed by atoms with van der Waals surface area (Å²) in [5.41, 5.74) is 1.86. The maximum atomic E-state index is 12.7. The molecule has 2 saturated heterocycles. The Hall–Kier alpha value is -1.84. The van der Waals surface area contributed by atoms with Crippen molar-refractivity contribution >= 4 is 11.8 Å². The number of amides is 2. The van der Waals surface area contributed by atoms with Crippen molar-refractivity contribution in [2.24, 2.45) is 11.8 Å². The second kappa shape index (κ2) is 7.37. The molecular formula is C20H28N2O2. The Kier molecular flexibility index (Phi) is 5.22. The summed E-state index contributed by atoms with van der Waals surface area (Å²) < 4.78 is 0. The lowest BCUT2D eigenvalue weighted by Gasteiger charge is -2.37. The van der Waals surface area contributed by atoms with Crippen molar-refractivity contribution in [2.75, 3.05) is 26.2 Å². The second-order valence-corrected chi connectivity index (χ2v) is 7.47. The van der Waals surface area contributed by atoms with Crippen molar-refractivity contribution in [3.05, 3.63) is 35.4 Å². The van der Waals surface area contributed by atoms with E-state index in [9.17, 15) is 9.59 Å². The first-order valence-electron chi connectivity index (χ1n) is 9.19. The molecule has 0 aliphatic carbocycles. The molecule has 0 spiro atoms. The third-order valence-electron chi connectivity index (χ3n) is 5.37. The van der Waals surface area contributed by atoms with E-state index in [4.69, 9.17) is 0 Å². The molecule has 2 fully saturated rings. The fourth-order valence-corrected chi connectivity index (χ4v) is 3.94. The van der Waals surface area contributed by atoms with Gasteiger partial charge in [-0.25, -0.2) is 0 Å². The van der Waals surface area contributed by atoms with Crippen LogP contribution < -0.4 is 0 Å². The summed E-state index contributed by atoms with van der Waals surface area (Å²) in [4.78, 5) is 29.3. The largest absolute Gasteiger partial charge is 0.342 e. The summed E-state index contributed by atoms with van der Waals surface area (Å²) in [6.07, 6.45) is 3.94. The standard InChI is InChI=1S/C20H28N2O2/c1-15-5-3-7-18(13-15)20(24)21-11-8-17(9-12-21)19(23)22-10-4-6-16(2)14-22/h3,5,7,13,16-17H,4,6,8-12,14H2,1-2H3. The van der Waals surface area contributed by atoms with Crippen molar-refractivity contribution < 1.29 is 9.59 Å². The molecule has 2 amide bonds. The number of carbonyl (C=O) groups is 2. The lowest BCUT2D eigenvalue weighted by molar-refractivity contribution is -0.138. The van der Waals surface area contributed by atoms with Crippen LogP contribution in [-0.4, -0.2) is 47.8 Å². The minimum absolute atomic E-state index is 0.0937. The number of piperidine rings is 2. The predicted octanol–water partition coefficient (Wildman–Crippen LogP) is 3.11. The van der Waals surface area contributed by atoms with Gasteiger partial charge in [0.25, 0.3) is 5.91 Å². The highest BCUT2D eigenvalue weighted by Crippen LogP contribution is 2.24. The number of likely N-dealkylation sites (tertiary alicyclic amines) is 2. The first-order chi connectivity index (χ1) is 11.5. The molecule has 0 radical (unpaired) electrons. The molecule has 2 aliphatic rings. The molecule has 2 aliphatic heterocycles. The van der Waals surface area contributed by atoms with Crippen LogP contribution >= 0.6 is 0 Å². The molecular weight excluding hydrogens is 300 g/mol. The van der Waals surface area contributed by atoms with Gasteiger partial charge in [0.05, 0.1) is 0 Å². The molecule has 0 N–H and O–H groups in total. The average molecular weight is 328 g/mol. The molecule has 0 aromatic heterocycles. The van der Waals surface area contributed by atoms with Crippen LogP contribution in [0.1, 0.15) is 48.5 Å². The Bertz CT molecular complexity index is 605. The highest BCUT2D eigenvalue weighted by Gasteiger charge is 2.31. The van der Waals surface area contributed by atoms with Crippen molar-refractivity contribution in [1.82, 2.24) is 9.80 Å². The van der Waals surface area contributed by atoms with Crippen LogP contribution in [-0.2, 0) is 4.79 Å². The first kappa shape index (κ1) is 17.0. The van der Waals surface area contributed by atoms with E-state index in [-0.39, 0.29) is 11.8 Å². The van der Waals surface area contributed by atoms with Crippen molar-refractivity contribution in [3.8, 4) is 0 Å². The lowest BCUT2D eigenvalue weighted by Crippen LogP contribution is -2.47. The minimum Gasteiger partial charge on any atom is -0.342 e. The van der Waals surface area contributed by atoms with Crippen LogP contribution in [0.3, 0.4) is 0 Å². The van der Waals surface area contributed by atoms with Gasteiger partial charge in [-0.1, -0.05) is 24.6 Å². The summed E-state index contributed by atoms with van der Waals surface area (Å²) in [6, 6.07) is 7.74. The van der Waals surface area contributed by atoms with E-state index in [0.29, 0.717) is 24.9 Å². The maximum absolute atomic E-state index is 12.7. The Labute approximate surface area is 144 Å². The topological polar surface area (TPSA) is 40.6 Å². The van der Waals surface area contributed by atoms with Crippen LogP contribution in [0, 0.1) is 18.8 Å². The van der Waals surface area contributed by atoms with Crippen molar-refractivity contribution in [3.63, 3.8) is 0 Å². The summed E-state index contributed by atoms with van der Waals surface area (Å²) >= 11 is 0. The molecule has 24 heavy (non-hydrogen) atoms. The van der Waals surface area contributed by atoms with Crippen LogP contribution in [0.2, 0.25) is 0 Å². The zero-order valence-electron chi connectivity index (χ0n) is 14.8. The number of benzene rings is 1. The number of carbonyl (C=O) groups excluding carboxylic acids is 2. The van der Waals surface area contributed by atoms with E-state index in [0.717, 1.165) is 43.5 Å². The Morgan fingerprint density at radius 1 is 1.04 bits per heavy atom. The van der Waals surface area contributed by atoms with Gasteiger partial charge in [-0.2, -0.15) is 0 Å². The van der Waals surface area contributed by atoms with Gasteiger partial charge in [-0.15, -0.1) is 0 Å². The molecule has 1 aromatic rings. The molecule has 1 unspecified atom stereocenters. The molecule has 2 heterocycles. The van der Waals surface area contributed by atoms with Gasteiger partial charge in [0.1, 0.15) is 0 Å². The zero-order chi connectivity index (χ0) is 17.1. The molecule has 0 bridgehead atoms. The maximum Gasteiger partial charge on any atom is 0.253 e. The second-order valence-electron chi connectivity index (χ2n) is 7.47. The fourth-order valence-electron chi connectivity index (χ4n) is 3.94. The molecule has 1 aromatic carbocycles. The van der Waals surface area contributed by atoms with Crippen molar-refractivity contribution in [1.29, 1.82) is 0 Å². The highest BCUT2D eigenvalue weighted by atomic mass is 16.2. The number of rotatable bonds is 2. The normalized spacial score (nSPS) is 22.5. The van der Waals surface area contributed by atoms with E-state index in [2.05, 4.69) is 11.8 Å². The van der Waals surface area contributed by atoms with Crippen LogP contribution in [0.25, 0.3) is 0 Å². The van der Waals surface area contributed by atoms with Gasteiger partial charge < -0.3 is 9.80 Å². The van der Waals surface area contributed by atoms with Gasteiger partial charge in [0, 0.05) is 37.7 Å². The smallest absolute Gasteiger partial charge is 0.253 e. The van der Waals surface area contributed by atoms with Gasteiger partial charge in [-0.3, -0.25) is 9.59 Å². The monoisotopic (exact) mass is 328 g/mol. The fraction of sp³-hybridized carbons (Fsp3) is 0.600. The van der Waals surface area contributed by atoms with Crippen LogP contribution in [0.4, 0.5) is 0 Å². The highest BCUT2D eigenvalue weighted by molar-refractivity contribution is 5.94. The molecule has 0 saturated carbocycles. The molecule has 4 heteroatoms. The van der Waals surface area contributed by atoms with E-state index in [1.165, 1.54) is 6.42 Å². The van der Waals surface area contributed by atoms with E-state index >= 15 is 0 Å². The number of nitrogens with zero attached hydrogens (tertiary/aromatic N) is 2. The molecule has 1 atom stereocenters. The Balaban J connectivity index is 1.55. The number of hydrogen-bond acceptors (Lipinski definition) is 2. The summed E-state index contributed by atoms with van der Waals surface area (Å²) in [6.45, 7) is 7.41. The summed E-state index contributed by atoms with van der Waals surface area (Å²) in [5.74, 6) is 1.11. The predicted molar refractivity (Wildman–Crippen MR) is 94.8 cm³/mol. The van der Waals surface area contributed by atoms with E-state index in [1.807, 2.05) is 36.1 Å². The quantitative estimate of drug-likeness (QED) is 0.837. The molecule has 3 rings (SSSR count). The van der Waals surface area contributed by atoms with Crippen LogP contribution in [0.15, 0.2) is 24.3 Å². The molecule has 130 valence electrons. The third kappa shape index (κ3) is 3.80. The van der Waals surface area contributed by atoms with Gasteiger partial charge in [0.15, 0.2) is 0 Å². The van der Waals surface area contributed by atoms with Gasteiger partial charge in [-0.05, 0) is 50.7 Å². The number of aryl methyl sites for hydroxylation is 1. The van der Waals surface area contributed by atoms with Crippen molar-refractivity contribution in [2.45, 2.75) is 39.5 Å². The molecule has 4 nitrogen and oxygen atoms in total. The summed E-state index contributed by atoms with van der Waals surface area (Å²) in [7, 11) is 0. The number of hydrogen-bond donors (Lipinski definition) is 0. The zero-order valence-corrected chi connectivity index (χ0v) is 14.8.